The molecule has 7 heteroatoms. The predicted octanol–water partition coefficient (Wildman–Crippen LogP) is 1.24. The van der Waals surface area contributed by atoms with Gasteiger partial charge in [0.2, 0.25) is 5.82 Å². The van der Waals surface area contributed by atoms with Crippen molar-refractivity contribution in [2.75, 3.05) is 19.7 Å². The molecule has 1 atom stereocenters. The summed E-state index contributed by atoms with van der Waals surface area (Å²) in [5.74, 6) is -0.509. The lowest BCUT2D eigenvalue weighted by Crippen LogP contribution is -2.33. The monoisotopic (exact) mass is 265 g/mol. The van der Waals surface area contributed by atoms with Gasteiger partial charge in [-0.05, 0) is 18.2 Å². The Morgan fingerprint density at radius 2 is 2.32 bits per heavy atom. The van der Waals surface area contributed by atoms with Crippen LogP contribution in [0.2, 0.25) is 0 Å². The first-order chi connectivity index (χ1) is 9.24. The summed E-state index contributed by atoms with van der Waals surface area (Å²) in [6.45, 7) is 1.97. The molecule has 1 saturated heterocycles. The maximum Gasteiger partial charge on any atom is 0.257 e. The predicted molar refractivity (Wildman–Crippen MR) is 62.9 cm³/mol. The number of ether oxygens (including phenoxy) is 1. The van der Waals surface area contributed by atoms with E-state index in [9.17, 15) is 4.39 Å². The van der Waals surface area contributed by atoms with Crippen LogP contribution in [0.25, 0.3) is 11.4 Å². The maximum absolute atomic E-state index is 13.3. The van der Waals surface area contributed by atoms with Crippen LogP contribution < -0.4 is 5.32 Å². The molecule has 3 rings (SSSR count). The fourth-order valence-corrected chi connectivity index (χ4v) is 1.85. The van der Waals surface area contributed by atoms with Crippen LogP contribution in [-0.2, 0) is 4.74 Å². The Morgan fingerprint density at radius 1 is 1.42 bits per heavy atom. The van der Waals surface area contributed by atoms with E-state index >= 15 is 0 Å². The normalized spacial score (nSPS) is 19.5. The number of benzene rings is 1. The highest BCUT2D eigenvalue weighted by atomic mass is 19.1. The number of phenolic OH excluding ortho intramolecular Hbond substituents is 1. The van der Waals surface area contributed by atoms with Crippen molar-refractivity contribution < 1.29 is 18.8 Å². The molecule has 2 heterocycles. The molecule has 1 aromatic carbocycles. The number of morpholine rings is 1. The summed E-state index contributed by atoms with van der Waals surface area (Å²) in [7, 11) is 0. The highest BCUT2D eigenvalue weighted by Gasteiger charge is 2.22. The fourth-order valence-electron chi connectivity index (χ4n) is 1.85. The van der Waals surface area contributed by atoms with E-state index in [1.807, 2.05) is 0 Å². The third-order valence-electron chi connectivity index (χ3n) is 2.85. The lowest BCUT2D eigenvalue weighted by Gasteiger charge is -2.19. The molecule has 0 bridgehead atoms. The van der Waals surface area contributed by atoms with Crippen molar-refractivity contribution in [3.63, 3.8) is 0 Å². The molecule has 0 radical (unpaired) electrons. The van der Waals surface area contributed by atoms with E-state index in [0.29, 0.717) is 24.6 Å². The summed E-state index contributed by atoms with van der Waals surface area (Å²) < 4.78 is 23.9. The Morgan fingerprint density at radius 3 is 3.05 bits per heavy atom. The van der Waals surface area contributed by atoms with Crippen LogP contribution in [0.3, 0.4) is 0 Å². The van der Waals surface area contributed by atoms with Gasteiger partial charge in [-0.1, -0.05) is 5.16 Å². The van der Waals surface area contributed by atoms with Gasteiger partial charge < -0.3 is 19.7 Å². The molecule has 1 aromatic heterocycles. The van der Waals surface area contributed by atoms with Gasteiger partial charge in [0, 0.05) is 18.7 Å². The van der Waals surface area contributed by atoms with E-state index in [2.05, 4.69) is 15.5 Å². The van der Waals surface area contributed by atoms with Crippen molar-refractivity contribution in [3.8, 4) is 17.1 Å². The summed E-state index contributed by atoms with van der Waals surface area (Å²) >= 11 is 0. The van der Waals surface area contributed by atoms with Crippen LogP contribution >= 0.6 is 0 Å². The topological polar surface area (TPSA) is 80.4 Å². The van der Waals surface area contributed by atoms with E-state index in [-0.39, 0.29) is 11.9 Å². The molecule has 0 spiro atoms. The number of hydrogen-bond donors (Lipinski definition) is 2. The van der Waals surface area contributed by atoms with Crippen LogP contribution in [-0.4, -0.2) is 34.9 Å². The highest BCUT2D eigenvalue weighted by molar-refractivity contribution is 5.55. The molecule has 0 aliphatic carbocycles. The summed E-state index contributed by atoms with van der Waals surface area (Å²) in [5.41, 5.74) is 0.439. The molecule has 6 nitrogen and oxygen atoms in total. The Labute approximate surface area is 108 Å². The third kappa shape index (κ3) is 2.42. The van der Waals surface area contributed by atoms with E-state index in [0.717, 1.165) is 12.6 Å². The van der Waals surface area contributed by atoms with Gasteiger partial charge in [-0.15, -0.1) is 0 Å². The second kappa shape index (κ2) is 4.94. The third-order valence-corrected chi connectivity index (χ3v) is 2.85. The summed E-state index contributed by atoms with van der Waals surface area (Å²) in [4.78, 5) is 4.18. The number of phenols is 1. The van der Waals surface area contributed by atoms with Crippen molar-refractivity contribution in [1.82, 2.24) is 15.5 Å². The van der Waals surface area contributed by atoms with Crippen molar-refractivity contribution in [2.45, 2.75) is 6.10 Å². The number of halogens is 1. The first-order valence-electron chi connectivity index (χ1n) is 5.89. The average molecular weight is 265 g/mol. The lowest BCUT2D eigenvalue weighted by atomic mass is 10.2. The number of aromatic hydroxyl groups is 1. The molecule has 2 aromatic rings. The fraction of sp³-hybridized carbons (Fsp3) is 0.333. The number of rotatable bonds is 2. The van der Waals surface area contributed by atoms with Crippen molar-refractivity contribution >= 4 is 0 Å². The molecule has 1 aliphatic heterocycles. The van der Waals surface area contributed by atoms with E-state index in [4.69, 9.17) is 14.4 Å². The summed E-state index contributed by atoms with van der Waals surface area (Å²) in [5, 5.41) is 16.1. The average Bonchev–Trinajstić information content (AvgIpc) is 2.93. The van der Waals surface area contributed by atoms with Gasteiger partial charge in [-0.25, -0.2) is 4.39 Å². The van der Waals surface area contributed by atoms with Gasteiger partial charge in [-0.2, -0.15) is 4.98 Å². The molecular formula is C12H12FN3O3. The molecule has 1 fully saturated rings. The summed E-state index contributed by atoms with van der Waals surface area (Å²) in [6.07, 6.45) is -0.281. The highest BCUT2D eigenvalue weighted by Crippen LogP contribution is 2.25. The number of aromatic nitrogens is 2. The molecular weight excluding hydrogens is 253 g/mol. The van der Waals surface area contributed by atoms with Crippen LogP contribution in [0.5, 0.6) is 5.75 Å². The zero-order chi connectivity index (χ0) is 13.2. The number of hydrogen-bond acceptors (Lipinski definition) is 6. The molecule has 100 valence electrons. The van der Waals surface area contributed by atoms with Gasteiger partial charge in [0.05, 0.1) is 6.61 Å². The molecule has 1 aliphatic rings. The molecule has 0 amide bonds. The van der Waals surface area contributed by atoms with Crippen LogP contribution in [0.4, 0.5) is 4.39 Å². The minimum atomic E-state index is -0.723. The van der Waals surface area contributed by atoms with E-state index < -0.39 is 11.6 Å². The first-order valence-corrected chi connectivity index (χ1v) is 5.89. The summed E-state index contributed by atoms with van der Waals surface area (Å²) in [6, 6.07) is 3.93. The van der Waals surface area contributed by atoms with Gasteiger partial charge in [-0.3, -0.25) is 0 Å². The standard InChI is InChI=1S/C12H12FN3O3/c13-8-5-7(1-2-9(8)17)11-15-12(19-16-11)10-6-14-3-4-18-10/h1-2,5,10,14,17H,3-4,6H2. The zero-order valence-corrected chi connectivity index (χ0v) is 9.97. The molecule has 19 heavy (non-hydrogen) atoms. The van der Waals surface area contributed by atoms with Gasteiger partial charge >= 0.3 is 0 Å². The Kier molecular flexibility index (Phi) is 3.14. The van der Waals surface area contributed by atoms with E-state index in [1.165, 1.54) is 12.1 Å². The number of nitrogens with zero attached hydrogens (tertiary/aromatic N) is 2. The smallest absolute Gasteiger partial charge is 0.257 e. The quantitative estimate of drug-likeness (QED) is 0.850. The minimum Gasteiger partial charge on any atom is -0.505 e. The largest absolute Gasteiger partial charge is 0.505 e. The van der Waals surface area contributed by atoms with Crippen molar-refractivity contribution in [2.24, 2.45) is 0 Å². The van der Waals surface area contributed by atoms with Crippen LogP contribution in [0.1, 0.15) is 12.0 Å². The Hall–Kier alpha value is -1.99. The SMILES string of the molecule is Oc1ccc(-c2noc(C3CNCCO3)n2)cc1F. The van der Waals surface area contributed by atoms with Gasteiger partial charge in [0.25, 0.3) is 5.89 Å². The van der Waals surface area contributed by atoms with Crippen LogP contribution in [0, 0.1) is 5.82 Å². The van der Waals surface area contributed by atoms with Gasteiger partial charge in [0.15, 0.2) is 11.6 Å². The second-order valence-corrected chi connectivity index (χ2v) is 4.19. The Balaban J connectivity index is 1.85. The first kappa shape index (κ1) is 12.1. The zero-order valence-electron chi connectivity index (χ0n) is 9.97. The van der Waals surface area contributed by atoms with E-state index in [1.54, 1.807) is 0 Å². The van der Waals surface area contributed by atoms with Crippen LogP contribution in [0.15, 0.2) is 22.7 Å². The maximum atomic E-state index is 13.3. The Bertz CT molecular complexity index is 581. The van der Waals surface area contributed by atoms with Crippen molar-refractivity contribution in [3.05, 3.63) is 29.9 Å². The molecule has 2 N–H and O–H groups in total. The number of nitrogens with one attached hydrogen (secondary N) is 1. The minimum absolute atomic E-state index is 0.267. The van der Waals surface area contributed by atoms with Gasteiger partial charge in [0.1, 0.15) is 6.10 Å². The molecule has 1 unspecified atom stereocenters. The lowest BCUT2D eigenvalue weighted by molar-refractivity contribution is 0.00755. The second-order valence-electron chi connectivity index (χ2n) is 4.19. The molecule has 0 saturated carbocycles. The van der Waals surface area contributed by atoms with Crippen molar-refractivity contribution in [1.29, 1.82) is 0 Å².